The van der Waals surface area contributed by atoms with Crippen LogP contribution in [0.15, 0.2) is 18.2 Å². The van der Waals surface area contributed by atoms with E-state index in [-0.39, 0.29) is 17.3 Å². The van der Waals surface area contributed by atoms with E-state index in [2.05, 4.69) is 5.32 Å². The Morgan fingerprint density at radius 2 is 2.10 bits per heavy atom. The zero-order valence-electron chi connectivity index (χ0n) is 10.8. The zero-order valence-corrected chi connectivity index (χ0v) is 13.1. The van der Waals surface area contributed by atoms with E-state index in [0.717, 1.165) is 6.26 Å². The van der Waals surface area contributed by atoms with Gasteiger partial charge in [-0.15, -0.1) is 0 Å². The molecule has 1 rings (SSSR count). The van der Waals surface area contributed by atoms with Crippen molar-refractivity contribution in [3.63, 3.8) is 0 Å². The molecule has 3 N–H and O–H groups in total. The molecule has 0 bridgehead atoms. The molecule has 1 atom stereocenters. The number of carbonyl (C=O) groups is 1. The van der Waals surface area contributed by atoms with Crippen LogP contribution in [0.4, 0.5) is 11.4 Å². The first-order chi connectivity index (χ1) is 9.17. The summed E-state index contributed by atoms with van der Waals surface area (Å²) in [5.74, 6) is -1.09. The molecule has 0 heterocycles. The summed E-state index contributed by atoms with van der Waals surface area (Å²) < 4.78 is 33.4. The number of nitrogens with two attached hydrogens (primary N) is 1. The third kappa shape index (κ3) is 6.36. The van der Waals surface area contributed by atoms with Crippen LogP contribution in [0, 0.1) is 0 Å². The Kier molecular flexibility index (Phi) is 5.97. The maximum Gasteiger partial charge on any atom is 0.237 e. The van der Waals surface area contributed by atoms with Gasteiger partial charge in [-0.25, -0.2) is 8.42 Å². The van der Waals surface area contributed by atoms with Crippen molar-refractivity contribution in [2.75, 3.05) is 34.6 Å². The van der Waals surface area contributed by atoms with Gasteiger partial charge < -0.3 is 11.1 Å². The summed E-state index contributed by atoms with van der Waals surface area (Å²) in [5, 5.41) is 2.90. The lowest BCUT2D eigenvalue weighted by Gasteiger charge is -2.08. The smallest absolute Gasteiger partial charge is 0.237 e. The molecule has 0 fully saturated rings. The summed E-state index contributed by atoms with van der Waals surface area (Å²) in [6.45, 7) is 0. The number of nitrogens with one attached hydrogen (secondary N) is 1. The van der Waals surface area contributed by atoms with Gasteiger partial charge in [0.15, 0.2) is 0 Å². The van der Waals surface area contributed by atoms with E-state index in [1.807, 2.05) is 0 Å². The van der Waals surface area contributed by atoms with E-state index < -0.39 is 26.5 Å². The Morgan fingerprint density at radius 1 is 1.45 bits per heavy atom. The number of rotatable bonds is 6. The second-order valence-electron chi connectivity index (χ2n) is 4.20. The van der Waals surface area contributed by atoms with Crippen molar-refractivity contribution in [2.45, 2.75) is 0 Å². The Bertz CT molecular complexity index is 631. The second-order valence-corrected chi connectivity index (χ2v) is 8.47. The first kappa shape index (κ1) is 16.9. The van der Waals surface area contributed by atoms with Crippen LogP contribution in [0.2, 0.25) is 5.02 Å². The molecule has 9 heteroatoms. The van der Waals surface area contributed by atoms with Crippen LogP contribution in [-0.4, -0.2) is 42.0 Å². The van der Waals surface area contributed by atoms with Gasteiger partial charge in [0.2, 0.25) is 5.91 Å². The van der Waals surface area contributed by atoms with Crippen molar-refractivity contribution in [2.24, 2.45) is 0 Å². The fourth-order valence-corrected chi connectivity index (χ4v) is 3.92. The van der Waals surface area contributed by atoms with Crippen molar-refractivity contribution in [1.29, 1.82) is 0 Å². The van der Waals surface area contributed by atoms with E-state index >= 15 is 0 Å². The Hall–Kier alpha value is -1.12. The van der Waals surface area contributed by atoms with Gasteiger partial charge in [0.25, 0.3) is 0 Å². The van der Waals surface area contributed by atoms with E-state index in [9.17, 15) is 17.4 Å². The number of amides is 1. The molecule has 1 amide bonds. The van der Waals surface area contributed by atoms with Crippen LogP contribution in [0.3, 0.4) is 0 Å². The fourth-order valence-electron chi connectivity index (χ4n) is 1.29. The third-order valence-electron chi connectivity index (χ3n) is 2.26. The van der Waals surface area contributed by atoms with E-state index in [1.54, 1.807) is 12.1 Å². The SMILES string of the molecule is CS(=O)(=O)CCS(=O)CC(=O)Nc1cc(Cl)ccc1N. The summed E-state index contributed by atoms with van der Waals surface area (Å²) in [6, 6.07) is 4.60. The normalized spacial score (nSPS) is 12.9. The first-order valence-electron chi connectivity index (χ1n) is 5.55. The number of sulfone groups is 1. The lowest BCUT2D eigenvalue weighted by atomic mass is 10.2. The molecule has 0 saturated carbocycles. The summed E-state index contributed by atoms with van der Waals surface area (Å²) in [4.78, 5) is 11.7. The minimum absolute atomic E-state index is 0.0721. The van der Waals surface area contributed by atoms with Crippen molar-refractivity contribution >= 4 is 49.5 Å². The molecule has 0 spiro atoms. The highest BCUT2D eigenvalue weighted by Gasteiger charge is 2.12. The summed E-state index contributed by atoms with van der Waals surface area (Å²) in [5.41, 5.74) is 6.33. The molecule has 6 nitrogen and oxygen atoms in total. The van der Waals surface area contributed by atoms with Crippen molar-refractivity contribution in [3.05, 3.63) is 23.2 Å². The van der Waals surface area contributed by atoms with Gasteiger partial charge in [-0.3, -0.25) is 9.00 Å². The monoisotopic (exact) mass is 338 g/mol. The molecule has 0 aliphatic rings. The summed E-state index contributed by atoms with van der Waals surface area (Å²) >= 11 is 5.77. The third-order valence-corrected chi connectivity index (χ3v) is 4.95. The Morgan fingerprint density at radius 3 is 2.70 bits per heavy atom. The van der Waals surface area contributed by atoms with Crippen LogP contribution in [0.1, 0.15) is 0 Å². The zero-order chi connectivity index (χ0) is 15.3. The standard InChI is InChI=1S/C11H15ClN2O4S2/c1-20(17,18)5-4-19(16)7-11(15)14-10-6-8(12)2-3-9(10)13/h2-3,6H,4-5,7,13H2,1H3,(H,14,15). The highest BCUT2D eigenvalue weighted by molar-refractivity contribution is 7.92. The number of anilines is 2. The topological polar surface area (TPSA) is 106 Å². The molecule has 0 aromatic heterocycles. The van der Waals surface area contributed by atoms with Crippen LogP contribution >= 0.6 is 11.6 Å². The van der Waals surface area contributed by atoms with E-state index in [0.29, 0.717) is 16.4 Å². The minimum Gasteiger partial charge on any atom is -0.397 e. The van der Waals surface area contributed by atoms with Gasteiger partial charge in [0.1, 0.15) is 15.6 Å². The molecule has 1 unspecified atom stereocenters. The lowest BCUT2D eigenvalue weighted by molar-refractivity contribution is -0.113. The molecule has 0 aliphatic heterocycles. The number of halogens is 1. The van der Waals surface area contributed by atoms with Crippen LogP contribution in [-0.2, 0) is 25.4 Å². The predicted molar refractivity (Wildman–Crippen MR) is 82.1 cm³/mol. The number of carbonyl (C=O) groups excluding carboxylic acids is 1. The van der Waals surface area contributed by atoms with Gasteiger partial charge in [-0.05, 0) is 18.2 Å². The molecule has 112 valence electrons. The van der Waals surface area contributed by atoms with Gasteiger partial charge >= 0.3 is 0 Å². The predicted octanol–water partition coefficient (Wildman–Crippen LogP) is 0.654. The highest BCUT2D eigenvalue weighted by Crippen LogP contribution is 2.22. The average molecular weight is 339 g/mol. The molecule has 1 aromatic rings. The van der Waals surface area contributed by atoms with Gasteiger partial charge in [-0.2, -0.15) is 0 Å². The maximum atomic E-state index is 11.7. The Balaban J connectivity index is 2.55. The van der Waals surface area contributed by atoms with Crippen molar-refractivity contribution in [3.8, 4) is 0 Å². The highest BCUT2D eigenvalue weighted by atomic mass is 35.5. The molecular formula is C11H15ClN2O4S2. The maximum absolute atomic E-state index is 11.7. The van der Waals surface area contributed by atoms with Gasteiger partial charge in [-0.1, -0.05) is 11.6 Å². The quantitative estimate of drug-likeness (QED) is 0.741. The largest absolute Gasteiger partial charge is 0.397 e. The molecule has 1 aromatic carbocycles. The molecule has 0 radical (unpaired) electrons. The van der Waals surface area contributed by atoms with Crippen molar-refractivity contribution in [1.82, 2.24) is 0 Å². The van der Waals surface area contributed by atoms with Gasteiger partial charge in [0, 0.05) is 27.8 Å². The minimum atomic E-state index is -3.19. The number of hydrogen-bond donors (Lipinski definition) is 2. The molecular weight excluding hydrogens is 324 g/mol. The summed E-state index contributed by atoms with van der Waals surface area (Å²) in [7, 11) is -4.74. The van der Waals surface area contributed by atoms with Gasteiger partial charge in [0.05, 0.1) is 17.1 Å². The number of hydrogen-bond acceptors (Lipinski definition) is 5. The summed E-state index contributed by atoms with van der Waals surface area (Å²) in [6.07, 6.45) is 1.05. The molecule has 20 heavy (non-hydrogen) atoms. The number of nitrogen functional groups attached to an aromatic ring is 1. The van der Waals surface area contributed by atoms with Crippen LogP contribution in [0.25, 0.3) is 0 Å². The molecule has 0 aliphatic carbocycles. The van der Waals surface area contributed by atoms with Crippen LogP contribution < -0.4 is 11.1 Å². The average Bonchev–Trinajstić information content (AvgIpc) is 2.30. The lowest BCUT2D eigenvalue weighted by Crippen LogP contribution is -2.23. The number of benzene rings is 1. The van der Waals surface area contributed by atoms with Crippen LogP contribution in [0.5, 0.6) is 0 Å². The second kappa shape index (κ2) is 7.05. The molecule has 0 saturated heterocycles. The Labute approximate surface area is 125 Å². The fraction of sp³-hybridized carbons (Fsp3) is 0.364. The first-order valence-corrected chi connectivity index (χ1v) is 9.47. The van der Waals surface area contributed by atoms with E-state index in [1.165, 1.54) is 6.07 Å². The van der Waals surface area contributed by atoms with E-state index in [4.69, 9.17) is 17.3 Å². The van der Waals surface area contributed by atoms with Crippen molar-refractivity contribution < 1.29 is 17.4 Å².